The van der Waals surface area contributed by atoms with Crippen LogP contribution in [-0.4, -0.2) is 17.9 Å². The molecule has 0 saturated carbocycles. The molecule has 0 aromatic carbocycles. The van der Waals surface area contributed by atoms with Crippen LogP contribution in [0.25, 0.3) is 0 Å². The van der Waals surface area contributed by atoms with Gasteiger partial charge in [0.25, 0.3) is 0 Å². The van der Waals surface area contributed by atoms with Crippen molar-refractivity contribution in [2.24, 2.45) is 22.3 Å². The van der Waals surface area contributed by atoms with Crippen LogP contribution in [0.2, 0.25) is 0 Å². The van der Waals surface area contributed by atoms with Gasteiger partial charge in [-0.2, -0.15) is 0 Å². The van der Waals surface area contributed by atoms with Gasteiger partial charge < -0.3 is 11.5 Å². The summed E-state index contributed by atoms with van der Waals surface area (Å²) in [5.74, 6) is -0.0509. The van der Waals surface area contributed by atoms with E-state index in [4.69, 9.17) is 11.5 Å². The normalized spacial score (nSPS) is 16.5. The van der Waals surface area contributed by atoms with Gasteiger partial charge in [-0.15, -0.1) is 12.4 Å². The molecule has 0 aromatic rings. The maximum absolute atomic E-state index is 11.9. The Hall–Kier alpha value is -0.120. The molecule has 0 bridgehead atoms. The van der Waals surface area contributed by atoms with Gasteiger partial charge in [-0.1, -0.05) is 41.5 Å². The third-order valence-corrected chi connectivity index (χ3v) is 2.48. The monoisotopic (exact) mass is 236 g/mol. The molecule has 2 atom stereocenters. The zero-order valence-corrected chi connectivity index (χ0v) is 11.4. The molecule has 0 rings (SSSR count). The lowest BCUT2D eigenvalue weighted by Gasteiger charge is -2.33. The third kappa shape index (κ3) is 4.96. The first-order valence-electron chi connectivity index (χ1n) is 5.03. The summed E-state index contributed by atoms with van der Waals surface area (Å²) in [6.45, 7) is 11.7. The lowest BCUT2D eigenvalue weighted by Crippen LogP contribution is -2.54. The van der Waals surface area contributed by atoms with E-state index in [1.165, 1.54) is 0 Å². The summed E-state index contributed by atoms with van der Waals surface area (Å²) in [5, 5.41) is 0. The van der Waals surface area contributed by atoms with E-state index in [-0.39, 0.29) is 29.0 Å². The largest absolute Gasteiger partial charge is 0.321 e. The summed E-state index contributed by atoms with van der Waals surface area (Å²) < 4.78 is 0. The Kier molecular flexibility index (Phi) is 6.08. The molecule has 92 valence electrons. The topological polar surface area (TPSA) is 69.1 Å². The number of rotatable bonds is 2. The maximum atomic E-state index is 11.9. The molecule has 0 aliphatic heterocycles. The van der Waals surface area contributed by atoms with Gasteiger partial charge in [-0.3, -0.25) is 4.79 Å². The summed E-state index contributed by atoms with van der Waals surface area (Å²) in [4.78, 5) is 11.9. The van der Waals surface area contributed by atoms with Crippen molar-refractivity contribution in [3.05, 3.63) is 0 Å². The fourth-order valence-electron chi connectivity index (χ4n) is 1.05. The van der Waals surface area contributed by atoms with Gasteiger partial charge in [-0.05, 0) is 10.8 Å². The molecular formula is C11H25ClN2O. The van der Waals surface area contributed by atoms with Crippen LogP contribution in [0.15, 0.2) is 0 Å². The van der Waals surface area contributed by atoms with Gasteiger partial charge in [0.1, 0.15) is 0 Å². The smallest absolute Gasteiger partial charge is 0.167 e. The third-order valence-electron chi connectivity index (χ3n) is 2.48. The van der Waals surface area contributed by atoms with Crippen molar-refractivity contribution < 1.29 is 4.79 Å². The Morgan fingerprint density at radius 2 is 1.07 bits per heavy atom. The molecule has 0 fully saturated rings. The molecular weight excluding hydrogens is 212 g/mol. The molecule has 0 radical (unpaired) electrons. The molecule has 4 heteroatoms. The highest BCUT2D eigenvalue weighted by Crippen LogP contribution is 2.24. The molecule has 0 saturated heterocycles. The fraction of sp³-hybridized carbons (Fsp3) is 0.909. The van der Waals surface area contributed by atoms with Gasteiger partial charge in [-0.25, -0.2) is 0 Å². The molecule has 4 N–H and O–H groups in total. The number of halogens is 1. The predicted molar refractivity (Wildman–Crippen MR) is 67.1 cm³/mol. The summed E-state index contributed by atoms with van der Waals surface area (Å²) in [5.41, 5.74) is 11.3. The fourth-order valence-corrected chi connectivity index (χ4v) is 1.05. The average Bonchev–Trinajstić information content (AvgIpc) is 1.97. The summed E-state index contributed by atoms with van der Waals surface area (Å²) in [6, 6.07) is -0.978. The van der Waals surface area contributed by atoms with E-state index in [1.807, 2.05) is 41.5 Å². The highest BCUT2D eigenvalue weighted by atomic mass is 35.5. The van der Waals surface area contributed by atoms with E-state index in [0.717, 1.165) is 0 Å². The number of ketones is 1. The van der Waals surface area contributed by atoms with E-state index in [1.54, 1.807) is 0 Å². The Morgan fingerprint density at radius 3 is 1.20 bits per heavy atom. The Balaban J connectivity index is 0. The molecule has 0 aliphatic rings. The molecule has 0 amide bonds. The van der Waals surface area contributed by atoms with Crippen molar-refractivity contribution in [1.29, 1.82) is 0 Å². The summed E-state index contributed by atoms with van der Waals surface area (Å²) in [7, 11) is 0. The number of nitrogens with two attached hydrogens (primary N) is 2. The second-order valence-electron chi connectivity index (χ2n) is 6.09. The maximum Gasteiger partial charge on any atom is 0.167 e. The van der Waals surface area contributed by atoms with Gasteiger partial charge in [0.2, 0.25) is 0 Å². The summed E-state index contributed by atoms with van der Waals surface area (Å²) >= 11 is 0. The van der Waals surface area contributed by atoms with E-state index in [2.05, 4.69) is 0 Å². The van der Waals surface area contributed by atoms with Crippen molar-refractivity contribution in [2.45, 2.75) is 53.6 Å². The predicted octanol–water partition coefficient (Wildman–Crippen LogP) is 1.72. The number of Topliss-reactive ketones (excluding diaryl/α,β-unsaturated/α-hetero) is 1. The molecule has 3 nitrogen and oxygen atoms in total. The van der Waals surface area contributed by atoms with E-state index in [0.29, 0.717) is 0 Å². The van der Waals surface area contributed by atoms with Crippen LogP contribution in [-0.2, 0) is 4.79 Å². The molecule has 0 aliphatic carbocycles. The van der Waals surface area contributed by atoms with Crippen molar-refractivity contribution in [2.75, 3.05) is 0 Å². The minimum absolute atomic E-state index is 0. The number of carbonyl (C=O) groups excluding carboxylic acids is 1. The first-order valence-corrected chi connectivity index (χ1v) is 5.03. The van der Waals surface area contributed by atoms with E-state index < -0.39 is 12.1 Å². The lowest BCUT2D eigenvalue weighted by molar-refractivity contribution is -0.125. The Labute approximate surface area is 99.4 Å². The zero-order valence-electron chi connectivity index (χ0n) is 10.6. The average molecular weight is 237 g/mol. The van der Waals surface area contributed by atoms with Crippen LogP contribution in [0.4, 0.5) is 0 Å². The standard InChI is InChI=1S/C11H24N2O.ClH/c1-10(2,3)8(12)7(14)9(13)11(4,5)6;/h8-9H,12-13H2,1-6H3;1H. The van der Waals surface area contributed by atoms with Crippen molar-refractivity contribution in [3.63, 3.8) is 0 Å². The second-order valence-corrected chi connectivity index (χ2v) is 6.09. The van der Waals surface area contributed by atoms with Crippen molar-refractivity contribution in [3.8, 4) is 0 Å². The van der Waals surface area contributed by atoms with Crippen LogP contribution in [0.5, 0.6) is 0 Å². The van der Waals surface area contributed by atoms with E-state index in [9.17, 15) is 4.79 Å². The number of hydrogen-bond acceptors (Lipinski definition) is 3. The van der Waals surface area contributed by atoms with Crippen LogP contribution in [0, 0.1) is 10.8 Å². The zero-order chi connectivity index (χ0) is 11.7. The first-order chi connectivity index (χ1) is 5.98. The Morgan fingerprint density at radius 1 is 0.867 bits per heavy atom. The SMILES string of the molecule is CC(C)(C)C(N)C(=O)C(N)C(C)(C)C.Cl. The molecule has 2 unspecified atom stereocenters. The van der Waals surface area contributed by atoms with Gasteiger partial charge in [0, 0.05) is 0 Å². The molecule has 0 spiro atoms. The van der Waals surface area contributed by atoms with Crippen molar-refractivity contribution in [1.82, 2.24) is 0 Å². The highest BCUT2D eigenvalue weighted by molar-refractivity contribution is 5.90. The van der Waals surface area contributed by atoms with Crippen LogP contribution in [0.3, 0.4) is 0 Å². The molecule has 0 heterocycles. The van der Waals surface area contributed by atoms with Crippen molar-refractivity contribution >= 4 is 18.2 Å². The highest BCUT2D eigenvalue weighted by Gasteiger charge is 2.35. The van der Waals surface area contributed by atoms with Crippen LogP contribution in [0.1, 0.15) is 41.5 Å². The van der Waals surface area contributed by atoms with E-state index >= 15 is 0 Å². The van der Waals surface area contributed by atoms with Gasteiger partial charge in [0.15, 0.2) is 5.78 Å². The number of hydrogen-bond donors (Lipinski definition) is 2. The lowest BCUT2D eigenvalue weighted by atomic mass is 9.76. The first kappa shape index (κ1) is 17.3. The van der Waals surface area contributed by atoms with Gasteiger partial charge in [0.05, 0.1) is 12.1 Å². The van der Waals surface area contributed by atoms with Crippen LogP contribution < -0.4 is 11.5 Å². The second kappa shape index (κ2) is 5.28. The minimum Gasteiger partial charge on any atom is -0.321 e. The molecule has 0 aromatic heterocycles. The minimum atomic E-state index is -0.489. The quantitative estimate of drug-likeness (QED) is 0.767. The summed E-state index contributed by atoms with van der Waals surface area (Å²) in [6.07, 6.45) is 0. The van der Waals surface area contributed by atoms with Crippen LogP contribution >= 0.6 is 12.4 Å². The number of carbonyl (C=O) groups is 1. The van der Waals surface area contributed by atoms with Gasteiger partial charge >= 0.3 is 0 Å². The Bertz CT molecular complexity index is 194. The molecule has 15 heavy (non-hydrogen) atoms.